The molecule has 1 saturated carbocycles. The molecular formula is C14H23NS. The van der Waals surface area contributed by atoms with E-state index >= 15 is 0 Å². The summed E-state index contributed by atoms with van der Waals surface area (Å²) in [5, 5.41) is 8.09. The Hall–Kier alpha value is -0.340. The summed E-state index contributed by atoms with van der Waals surface area (Å²) in [4.78, 5) is 0. The monoisotopic (exact) mass is 237 g/mol. The second-order valence-corrected chi connectivity index (χ2v) is 6.09. The summed E-state index contributed by atoms with van der Waals surface area (Å²) >= 11 is 1.79. The molecule has 2 rings (SSSR count). The number of hydrogen-bond donors (Lipinski definition) is 1. The molecule has 1 aliphatic carbocycles. The van der Waals surface area contributed by atoms with Crippen LogP contribution in [0.3, 0.4) is 0 Å². The van der Waals surface area contributed by atoms with E-state index in [1.54, 1.807) is 11.3 Å². The van der Waals surface area contributed by atoms with Crippen LogP contribution in [0.25, 0.3) is 0 Å². The van der Waals surface area contributed by atoms with Gasteiger partial charge in [-0.05, 0) is 60.5 Å². The summed E-state index contributed by atoms with van der Waals surface area (Å²) < 4.78 is 0. The van der Waals surface area contributed by atoms with Gasteiger partial charge in [-0.2, -0.15) is 11.3 Å². The van der Waals surface area contributed by atoms with Gasteiger partial charge in [0.1, 0.15) is 0 Å². The van der Waals surface area contributed by atoms with Gasteiger partial charge < -0.3 is 5.32 Å². The zero-order chi connectivity index (χ0) is 11.4. The largest absolute Gasteiger partial charge is 0.310 e. The minimum atomic E-state index is 0.519. The Kier molecular flexibility index (Phi) is 4.42. The Morgan fingerprint density at radius 3 is 2.75 bits per heavy atom. The van der Waals surface area contributed by atoms with Gasteiger partial charge in [-0.1, -0.05) is 19.8 Å². The molecule has 1 atom stereocenters. The fraction of sp³-hybridized carbons (Fsp3) is 0.714. The number of nitrogens with one attached hydrogen (secondary N) is 1. The lowest BCUT2D eigenvalue weighted by atomic mass is 9.83. The third-order valence-electron chi connectivity index (χ3n) is 3.89. The molecule has 16 heavy (non-hydrogen) atoms. The first-order chi connectivity index (χ1) is 7.75. The van der Waals surface area contributed by atoms with Crippen molar-refractivity contribution in [1.82, 2.24) is 5.32 Å². The SMILES string of the molecule is CC1CCC(CNC(C)c2ccsc2)CC1. The lowest BCUT2D eigenvalue weighted by Crippen LogP contribution is -2.28. The molecule has 1 N–H and O–H groups in total. The van der Waals surface area contributed by atoms with Crippen molar-refractivity contribution in [2.75, 3.05) is 6.54 Å². The smallest absolute Gasteiger partial charge is 0.0300 e. The van der Waals surface area contributed by atoms with Crippen LogP contribution in [0.5, 0.6) is 0 Å². The first-order valence-corrected chi connectivity index (χ1v) is 7.45. The van der Waals surface area contributed by atoms with E-state index in [-0.39, 0.29) is 0 Å². The van der Waals surface area contributed by atoms with Crippen LogP contribution in [0.1, 0.15) is 51.1 Å². The molecule has 0 amide bonds. The minimum Gasteiger partial charge on any atom is -0.310 e. The average molecular weight is 237 g/mol. The molecule has 0 spiro atoms. The van der Waals surface area contributed by atoms with E-state index in [0.717, 1.165) is 11.8 Å². The fourth-order valence-corrected chi connectivity index (χ4v) is 3.27. The highest BCUT2D eigenvalue weighted by Gasteiger charge is 2.18. The first kappa shape index (κ1) is 12.1. The summed E-state index contributed by atoms with van der Waals surface area (Å²) in [6, 6.07) is 2.75. The Bertz CT molecular complexity index is 286. The van der Waals surface area contributed by atoms with Crippen LogP contribution >= 0.6 is 11.3 Å². The summed E-state index contributed by atoms with van der Waals surface area (Å²) in [7, 11) is 0. The Labute approximate surface area is 103 Å². The van der Waals surface area contributed by atoms with Crippen molar-refractivity contribution in [2.24, 2.45) is 11.8 Å². The predicted octanol–water partition coefficient (Wildman–Crippen LogP) is 4.23. The highest BCUT2D eigenvalue weighted by Crippen LogP contribution is 2.28. The number of hydrogen-bond acceptors (Lipinski definition) is 2. The third kappa shape index (κ3) is 3.33. The molecule has 1 heterocycles. The number of thiophene rings is 1. The van der Waals surface area contributed by atoms with Crippen LogP contribution < -0.4 is 5.32 Å². The fourth-order valence-electron chi connectivity index (χ4n) is 2.52. The Morgan fingerprint density at radius 1 is 1.38 bits per heavy atom. The van der Waals surface area contributed by atoms with Gasteiger partial charge in [0.15, 0.2) is 0 Å². The molecule has 1 unspecified atom stereocenters. The molecule has 2 heteroatoms. The molecule has 0 aromatic carbocycles. The maximum Gasteiger partial charge on any atom is 0.0300 e. The molecule has 1 fully saturated rings. The average Bonchev–Trinajstić information content (AvgIpc) is 2.81. The second kappa shape index (κ2) is 5.83. The van der Waals surface area contributed by atoms with Crippen LogP contribution in [0, 0.1) is 11.8 Å². The highest BCUT2D eigenvalue weighted by molar-refractivity contribution is 7.07. The van der Waals surface area contributed by atoms with Gasteiger partial charge >= 0.3 is 0 Å². The van der Waals surface area contributed by atoms with E-state index in [2.05, 4.69) is 36.0 Å². The van der Waals surface area contributed by atoms with E-state index in [0.29, 0.717) is 6.04 Å². The summed E-state index contributed by atoms with van der Waals surface area (Å²) in [6.45, 7) is 5.86. The Balaban J connectivity index is 1.71. The van der Waals surface area contributed by atoms with E-state index in [1.165, 1.54) is 37.8 Å². The van der Waals surface area contributed by atoms with Crippen LogP contribution in [-0.2, 0) is 0 Å². The molecule has 1 aromatic rings. The molecular weight excluding hydrogens is 214 g/mol. The van der Waals surface area contributed by atoms with Crippen molar-refractivity contribution in [2.45, 2.75) is 45.6 Å². The molecule has 0 bridgehead atoms. The van der Waals surface area contributed by atoms with Crippen molar-refractivity contribution in [1.29, 1.82) is 0 Å². The standard InChI is InChI=1S/C14H23NS/c1-11-3-5-13(6-4-11)9-15-12(2)14-7-8-16-10-14/h7-8,10-13,15H,3-6,9H2,1-2H3. The van der Waals surface area contributed by atoms with Gasteiger partial charge in [0, 0.05) is 6.04 Å². The number of rotatable bonds is 4. The first-order valence-electron chi connectivity index (χ1n) is 6.51. The normalized spacial score (nSPS) is 27.9. The van der Waals surface area contributed by atoms with Crippen LogP contribution in [0.15, 0.2) is 16.8 Å². The van der Waals surface area contributed by atoms with Gasteiger partial charge in [0.2, 0.25) is 0 Å². The summed E-state index contributed by atoms with van der Waals surface area (Å²) in [5.41, 5.74) is 1.44. The van der Waals surface area contributed by atoms with Crippen molar-refractivity contribution < 1.29 is 0 Å². The zero-order valence-electron chi connectivity index (χ0n) is 10.4. The Morgan fingerprint density at radius 2 is 2.12 bits per heavy atom. The minimum absolute atomic E-state index is 0.519. The second-order valence-electron chi connectivity index (χ2n) is 5.31. The third-order valence-corrected chi connectivity index (χ3v) is 4.59. The van der Waals surface area contributed by atoms with Crippen LogP contribution in [0.2, 0.25) is 0 Å². The molecule has 0 saturated heterocycles. The molecule has 90 valence electrons. The maximum absolute atomic E-state index is 3.68. The van der Waals surface area contributed by atoms with E-state index in [4.69, 9.17) is 0 Å². The maximum atomic E-state index is 3.68. The van der Waals surface area contributed by atoms with Gasteiger partial charge in [-0.15, -0.1) is 0 Å². The van der Waals surface area contributed by atoms with Crippen molar-refractivity contribution in [3.05, 3.63) is 22.4 Å². The molecule has 1 aliphatic rings. The topological polar surface area (TPSA) is 12.0 Å². The van der Waals surface area contributed by atoms with Crippen molar-refractivity contribution >= 4 is 11.3 Å². The molecule has 1 nitrogen and oxygen atoms in total. The van der Waals surface area contributed by atoms with Gasteiger partial charge in [0.25, 0.3) is 0 Å². The predicted molar refractivity (Wildman–Crippen MR) is 71.9 cm³/mol. The van der Waals surface area contributed by atoms with Gasteiger partial charge in [-0.25, -0.2) is 0 Å². The molecule has 0 aliphatic heterocycles. The van der Waals surface area contributed by atoms with Crippen molar-refractivity contribution in [3.8, 4) is 0 Å². The van der Waals surface area contributed by atoms with Gasteiger partial charge in [-0.3, -0.25) is 0 Å². The van der Waals surface area contributed by atoms with Crippen LogP contribution in [-0.4, -0.2) is 6.54 Å². The quantitative estimate of drug-likeness (QED) is 0.826. The highest BCUT2D eigenvalue weighted by atomic mass is 32.1. The van der Waals surface area contributed by atoms with E-state index in [1.807, 2.05) is 0 Å². The van der Waals surface area contributed by atoms with E-state index in [9.17, 15) is 0 Å². The van der Waals surface area contributed by atoms with Gasteiger partial charge in [0.05, 0.1) is 0 Å². The lowest BCUT2D eigenvalue weighted by molar-refractivity contribution is 0.276. The van der Waals surface area contributed by atoms with E-state index < -0.39 is 0 Å². The summed E-state index contributed by atoms with van der Waals surface area (Å²) in [6.07, 6.45) is 5.70. The molecule has 1 aromatic heterocycles. The summed E-state index contributed by atoms with van der Waals surface area (Å²) in [5.74, 6) is 1.88. The lowest BCUT2D eigenvalue weighted by Gasteiger charge is -2.27. The zero-order valence-corrected chi connectivity index (χ0v) is 11.2. The van der Waals surface area contributed by atoms with Crippen molar-refractivity contribution in [3.63, 3.8) is 0 Å². The molecule has 0 radical (unpaired) electrons. The van der Waals surface area contributed by atoms with Crippen LogP contribution in [0.4, 0.5) is 0 Å².